The summed E-state index contributed by atoms with van der Waals surface area (Å²) in [7, 11) is 0. The molecule has 1 N–H and O–H groups in total. The van der Waals surface area contributed by atoms with Gasteiger partial charge in [0.2, 0.25) is 5.91 Å². The van der Waals surface area contributed by atoms with Crippen LogP contribution in [0.4, 0.5) is 0 Å². The summed E-state index contributed by atoms with van der Waals surface area (Å²) in [5, 5.41) is 3.13. The van der Waals surface area contributed by atoms with E-state index in [4.69, 9.17) is 0 Å². The van der Waals surface area contributed by atoms with Crippen LogP contribution in [0.3, 0.4) is 0 Å². The highest BCUT2D eigenvalue weighted by Crippen LogP contribution is 2.42. The van der Waals surface area contributed by atoms with E-state index in [9.17, 15) is 4.79 Å². The number of thioether (sulfide) groups is 1. The summed E-state index contributed by atoms with van der Waals surface area (Å²) >= 11 is 1.97. The molecule has 3 heteroatoms. The number of hydrogen-bond donors (Lipinski definition) is 1. The van der Waals surface area contributed by atoms with E-state index < -0.39 is 0 Å². The topological polar surface area (TPSA) is 29.1 Å². The van der Waals surface area contributed by atoms with E-state index in [1.165, 1.54) is 47.5 Å². The van der Waals surface area contributed by atoms with Gasteiger partial charge >= 0.3 is 0 Å². The van der Waals surface area contributed by atoms with Gasteiger partial charge in [-0.2, -0.15) is 0 Å². The standard InChI is InChI=1S/C25H37NOS/c1-19(14-15-23-21(3)28-17-16-25(23,4)5)10-9-11-20(2)18-24(27)26-22-12-7-6-8-13-22/h9-11,14-15,18,22H,6-8,12-13,16-17H2,1-5H3,(H,26,27). The smallest absolute Gasteiger partial charge is 0.244 e. The summed E-state index contributed by atoms with van der Waals surface area (Å²) in [6.07, 6.45) is 19.6. The summed E-state index contributed by atoms with van der Waals surface area (Å²) in [6.45, 7) is 11.0. The summed E-state index contributed by atoms with van der Waals surface area (Å²) in [5.41, 5.74) is 3.90. The number of rotatable bonds is 6. The largest absolute Gasteiger partial charge is 0.350 e. The Morgan fingerprint density at radius 2 is 1.82 bits per heavy atom. The molecule has 1 saturated carbocycles. The van der Waals surface area contributed by atoms with Crippen molar-refractivity contribution in [3.05, 3.63) is 58.1 Å². The van der Waals surface area contributed by atoms with Crippen molar-refractivity contribution in [2.24, 2.45) is 5.41 Å². The zero-order valence-electron chi connectivity index (χ0n) is 18.3. The lowest BCUT2D eigenvalue weighted by molar-refractivity contribution is -0.117. The molecular weight excluding hydrogens is 362 g/mol. The van der Waals surface area contributed by atoms with Gasteiger partial charge in [0.25, 0.3) is 0 Å². The van der Waals surface area contributed by atoms with Crippen LogP contribution in [0, 0.1) is 5.41 Å². The Hall–Kier alpha value is -1.48. The zero-order chi connectivity index (χ0) is 20.6. The molecule has 0 saturated heterocycles. The minimum atomic E-state index is 0.0362. The summed E-state index contributed by atoms with van der Waals surface area (Å²) < 4.78 is 0. The fraction of sp³-hybridized carbons (Fsp3) is 0.560. The molecule has 1 amide bonds. The van der Waals surface area contributed by atoms with Crippen LogP contribution in [0.25, 0.3) is 0 Å². The Labute approximate surface area is 176 Å². The van der Waals surface area contributed by atoms with E-state index >= 15 is 0 Å². The van der Waals surface area contributed by atoms with Gasteiger partial charge in [-0.05, 0) is 67.3 Å². The molecule has 0 spiro atoms. The van der Waals surface area contributed by atoms with Crippen LogP contribution in [0.15, 0.2) is 58.1 Å². The van der Waals surface area contributed by atoms with Gasteiger partial charge in [-0.25, -0.2) is 0 Å². The highest BCUT2D eigenvalue weighted by molar-refractivity contribution is 8.03. The number of nitrogens with one attached hydrogen (secondary N) is 1. The van der Waals surface area contributed by atoms with Crippen molar-refractivity contribution >= 4 is 17.7 Å². The average Bonchev–Trinajstić information content (AvgIpc) is 2.61. The first-order chi connectivity index (χ1) is 13.3. The van der Waals surface area contributed by atoms with Crippen molar-refractivity contribution in [1.82, 2.24) is 5.32 Å². The van der Waals surface area contributed by atoms with Gasteiger partial charge in [0, 0.05) is 12.1 Å². The van der Waals surface area contributed by atoms with Gasteiger partial charge in [-0.15, -0.1) is 11.8 Å². The molecule has 2 aliphatic rings. The molecule has 1 fully saturated rings. The van der Waals surface area contributed by atoms with Crippen molar-refractivity contribution in [2.45, 2.75) is 79.2 Å². The van der Waals surface area contributed by atoms with Crippen LogP contribution in [0.2, 0.25) is 0 Å². The van der Waals surface area contributed by atoms with E-state index in [0.29, 0.717) is 6.04 Å². The Bertz CT molecular complexity index is 700. The predicted octanol–water partition coefficient (Wildman–Crippen LogP) is 6.88. The molecule has 0 unspecified atom stereocenters. The molecule has 1 aliphatic carbocycles. The van der Waals surface area contributed by atoms with E-state index in [2.05, 4.69) is 51.2 Å². The number of carbonyl (C=O) groups is 1. The Morgan fingerprint density at radius 1 is 1.11 bits per heavy atom. The summed E-state index contributed by atoms with van der Waals surface area (Å²) in [4.78, 5) is 13.6. The molecule has 1 heterocycles. The van der Waals surface area contributed by atoms with Crippen LogP contribution >= 0.6 is 11.8 Å². The number of amides is 1. The van der Waals surface area contributed by atoms with Crippen LogP contribution in [-0.4, -0.2) is 17.7 Å². The van der Waals surface area contributed by atoms with Gasteiger partial charge < -0.3 is 5.32 Å². The maximum atomic E-state index is 12.1. The molecule has 0 atom stereocenters. The first-order valence-electron chi connectivity index (χ1n) is 10.6. The Morgan fingerprint density at radius 3 is 2.50 bits per heavy atom. The SMILES string of the molecule is CC(C=CC1=C(C)SCCC1(C)C)=CC=CC(C)=CC(=O)NC1CCCCC1. The van der Waals surface area contributed by atoms with Crippen molar-refractivity contribution in [2.75, 3.05) is 5.75 Å². The van der Waals surface area contributed by atoms with Gasteiger partial charge in [0.1, 0.15) is 0 Å². The molecule has 2 nitrogen and oxygen atoms in total. The highest BCUT2D eigenvalue weighted by atomic mass is 32.2. The predicted molar refractivity (Wildman–Crippen MR) is 124 cm³/mol. The molecule has 154 valence electrons. The second-order valence-corrected chi connectivity index (χ2v) is 10.1. The van der Waals surface area contributed by atoms with Crippen molar-refractivity contribution in [3.8, 4) is 0 Å². The van der Waals surface area contributed by atoms with Crippen LogP contribution in [0.1, 0.15) is 73.1 Å². The minimum absolute atomic E-state index is 0.0362. The van der Waals surface area contributed by atoms with Gasteiger partial charge in [-0.1, -0.05) is 69.1 Å². The van der Waals surface area contributed by atoms with Crippen LogP contribution in [0.5, 0.6) is 0 Å². The van der Waals surface area contributed by atoms with Gasteiger partial charge in [-0.3, -0.25) is 4.79 Å². The monoisotopic (exact) mass is 399 g/mol. The third-order valence-electron chi connectivity index (χ3n) is 5.70. The Balaban J connectivity index is 1.90. The van der Waals surface area contributed by atoms with Crippen molar-refractivity contribution in [1.29, 1.82) is 0 Å². The minimum Gasteiger partial charge on any atom is -0.350 e. The molecule has 1 aliphatic heterocycles. The second-order valence-electron chi connectivity index (χ2n) is 8.79. The Kier molecular flexibility index (Phi) is 8.88. The third-order valence-corrected chi connectivity index (χ3v) is 6.76. The highest BCUT2D eigenvalue weighted by Gasteiger charge is 2.26. The molecule has 0 aromatic carbocycles. The molecule has 0 aromatic rings. The van der Waals surface area contributed by atoms with Gasteiger partial charge in [0.05, 0.1) is 0 Å². The van der Waals surface area contributed by atoms with E-state index in [0.717, 1.165) is 18.4 Å². The lowest BCUT2D eigenvalue weighted by atomic mass is 9.80. The van der Waals surface area contributed by atoms with Crippen molar-refractivity contribution < 1.29 is 4.79 Å². The fourth-order valence-corrected chi connectivity index (χ4v) is 5.28. The number of carbonyl (C=O) groups excluding carboxylic acids is 1. The quantitative estimate of drug-likeness (QED) is 0.390. The lowest BCUT2D eigenvalue weighted by Gasteiger charge is -2.32. The maximum Gasteiger partial charge on any atom is 0.244 e. The second kappa shape index (κ2) is 10.9. The third kappa shape index (κ3) is 7.50. The first kappa shape index (κ1) is 22.8. The van der Waals surface area contributed by atoms with Gasteiger partial charge in [0.15, 0.2) is 0 Å². The van der Waals surface area contributed by atoms with Crippen molar-refractivity contribution in [3.63, 3.8) is 0 Å². The zero-order valence-corrected chi connectivity index (χ0v) is 19.1. The number of hydrogen-bond acceptors (Lipinski definition) is 2. The van der Waals surface area contributed by atoms with E-state index in [1.807, 2.05) is 30.8 Å². The molecule has 0 radical (unpaired) electrons. The molecule has 28 heavy (non-hydrogen) atoms. The fourth-order valence-electron chi connectivity index (χ4n) is 3.86. The summed E-state index contributed by atoms with van der Waals surface area (Å²) in [5.74, 6) is 1.25. The van der Waals surface area contributed by atoms with Crippen LogP contribution < -0.4 is 5.32 Å². The number of allylic oxidation sites excluding steroid dienone is 9. The molecule has 0 bridgehead atoms. The van der Waals surface area contributed by atoms with E-state index in [-0.39, 0.29) is 11.3 Å². The lowest BCUT2D eigenvalue weighted by Crippen LogP contribution is -2.35. The summed E-state index contributed by atoms with van der Waals surface area (Å²) in [6, 6.07) is 0.363. The molecule has 2 rings (SSSR count). The average molecular weight is 400 g/mol. The first-order valence-corrected chi connectivity index (χ1v) is 11.6. The molecular formula is C25H37NOS. The maximum absolute atomic E-state index is 12.1. The van der Waals surface area contributed by atoms with Crippen LogP contribution in [-0.2, 0) is 4.79 Å². The van der Waals surface area contributed by atoms with E-state index in [1.54, 1.807) is 6.08 Å². The molecule has 0 aromatic heterocycles. The normalized spacial score (nSPS) is 22.3.